The first-order valence-electron chi connectivity index (χ1n) is 10.3. The van der Waals surface area contributed by atoms with Gasteiger partial charge in [-0.15, -0.1) is 0 Å². The van der Waals surface area contributed by atoms with Gasteiger partial charge in [0.05, 0.1) is 10.9 Å². The van der Waals surface area contributed by atoms with Crippen LogP contribution in [0.15, 0.2) is 47.4 Å². The van der Waals surface area contributed by atoms with E-state index in [1.807, 2.05) is 13.0 Å². The molecule has 1 unspecified atom stereocenters. The maximum absolute atomic E-state index is 13.1. The zero-order valence-electron chi connectivity index (χ0n) is 18.2. The molecule has 1 aliphatic heterocycles. The van der Waals surface area contributed by atoms with Crippen LogP contribution in [0.4, 0.5) is 0 Å². The smallest absolute Gasteiger partial charge is 0.243 e. The summed E-state index contributed by atoms with van der Waals surface area (Å²) in [7, 11) is -1.94. The fraction of sp³-hybridized carbons (Fsp3) is 0.391. The fourth-order valence-corrected chi connectivity index (χ4v) is 5.92. The molecule has 2 aromatic rings. The normalized spacial score (nSPS) is 16.5. The molecule has 6 nitrogen and oxygen atoms in total. The Hall–Kier alpha value is -1.93. The summed E-state index contributed by atoms with van der Waals surface area (Å²) in [4.78, 5) is 26.3. The first kappa shape index (κ1) is 24.7. The minimum atomic E-state index is -3.68. The van der Waals surface area contributed by atoms with Crippen LogP contribution in [0.1, 0.15) is 48.7 Å². The average Bonchev–Trinajstić information content (AvgIpc) is 2.77. The quantitative estimate of drug-likeness (QED) is 0.537. The van der Waals surface area contributed by atoms with E-state index in [1.54, 1.807) is 24.1 Å². The maximum atomic E-state index is 13.1. The average molecular weight is 497 g/mol. The molecule has 1 fully saturated rings. The van der Waals surface area contributed by atoms with Crippen molar-refractivity contribution in [1.29, 1.82) is 0 Å². The number of hydrogen-bond acceptors (Lipinski definition) is 4. The van der Waals surface area contributed by atoms with Crippen LogP contribution in [0.3, 0.4) is 0 Å². The predicted octanol–water partition coefficient (Wildman–Crippen LogP) is 4.82. The molecule has 1 aliphatic rings. The Labute approximate surface area is 199 Å². The van der Waals surface area contributed by atoms with Crippen LogP contribution >= 0.6 is 23.2 Å². The molecule has 0 bridgehead atoms. The largest absolute Gasteiger partial charge is 0.339 e. The van der Waals surface area contributed by atoms with Gasteiger partial charge in [-0.3, -0.25) is 9.59 Å². The minimum absolute atomic E-state index is 0.0358. The molecule has 1 amide bonds. The van der Waals surface area contributed by atoms with E-state index in [-0.39, 0.29) is 41.6 Å². The molecule has 2 aromatic carbocycles. The minimum Gasteiger partial charge on any atom is -0.339 e. The molecule has 0 radical (unpaired) electrons. The van der Waals surface area contributed by atoms with Crippen molar-refractivity contribution in [3.05, 3.63) is 63.6 Å². The van der Waals surface area contributed by atoms with Crippen LogP contribution in [0.5, 0.6) is 0 Å². The predicted molar refractivity (Wildman–Crippen MR) is 126 cm³/mol. The van der Waals surface area contributed by atoms with Crippen molar-refractivity contribution in [3.63, 3.8) is 0 Å². The molecule has 9 heteroatoms. The van der Waals surface area contributed by atoms with E-state index >= 15 is 0 Å². The number of hydrogen-bond donors (Lipinski definition) is 0. The summed E-state index contributed by atoms with van der Waals surface area (Å²) in [5.41, 5.74) is 1.27. The lowest BCUT2D eigenvalue weighted by Crippen LogP contribution is -2.44. The summed E-state index contributed by atoms with van der Waals surface area (Å²) in [6.45, 7) is 3.86. The van der Waals surface area contributed by atoms with Crippen molar-refractivity contribution in [2.75, 3.05) is 20.1 Å². The van der Waals surface area contributed by atoms with E-state index in [0.29, 0.717) is 28.5 Å². The maximum Gasteiger partial charge on any atom is 0.243 e. The molecule has 0 saturated carbocycles. The van der Waals surface area contributed by atoms with E-state index < -0.39 is 10.0 Å². The number of halogens is 2. The van der Waals surface area contributed by atoms with Gasteiger partial charge in [0.15, 0.2) is 5.78 Å². The Morgan fingerprint density at radius 3 is 2.19 bits per heavy atom. The second-order valence-corrected chi connectivity index (χ2v) is 10.8. The Balaban J connectivity index is 1.65. The van der Waals surface area contributed by atoms with E-state index in [0.717, 1.165) is 5.56 Å². The molecule has 1 atom stereocenters. The third-order valence-electron chi connectivity index (χ3n) is 6.04. The van der Waals surface area contributed by atoms with Gasteiger partial charge < -0.3 is 4.90 Å². The standard InChI is InChI=1S/C23H26Cl2N2O4S/c1-15(21-9-6-19(24)14-22(21)25)26(3)23(29)18-10-12-27(13-11-18)32(30,31)20-7-4-17(5-8-20)16(2)28/h4-9,14-15,18H,10-13H2,1-3H3. The van der Waals surface area contributed by atoms with E-state index in [4.69, 9.17) is 23.2 Å². The molecule has 0 spiro atoms. The second kappa shape index (κ2) is 9.91. The SMILES string of the molecule is CC(=O)c1ccc(S(=O)(=O)N2CCC(C(=O)N(C)C(C)c3ccc(Cl)cc3Cl)CC2)cc1. The van der Waals surface area contributed by atoms with Gasteiger partial charge in [-0.2, -0.15) is 4.31 Å². The summed E-state index contributed by atoms with van der Waals surface area (Å²) in [6, 6.07) is 10.9. The zero-order valence-corrected chi connectivity index (χ0v) is 20.5. The first-order valence-corrected chi connectivity index (χ1v) is 12.5. The van der Waals surface area contributed by atoms with Crippen molar-refractivity contribution in [1.82, 2.24) is 9.21 Å². The highest BCUT2D eigenvalue weighted by Gasteiger charge is 2.34. The molecule has 1 heterocycles. The van der Waals surface area contributed by atoms with Crippen molar-refractivity contribution in [3.8, 4) is 0 Å². The molecule has 0 aromatic heterocycles. The van der Waals surface area contributed by atoms with Crippen molar-refractivity contribution >= 4 is 44.9 Å². The Morgan fingerprint density at radius 2 is 1.66 bits per heavy atom. The van der Waals surface area contributed by atoms with Gasteiger partial charge in [-0.1, -0.05) is 41.4 Å². The number of nitrogens with zero attached hydrogens (tertiary/aromatic N) is 2. The summed E-state index contributed by atoms with van der Waals surface area (Å²) >= 11 is 12.3. The van der Waals surface area contributed by atoms with Gasteiger partial charge in [0.1, 0.15) is 0 Å². The van der Waals surface area contributed by atoms with Crippen LogP contribution in [-0.2, 0) is 14.8 Å². The highest BCUT2D eigenvalue weighted by Crippen LogP contribution is 2.32. The summed E-state index contributed by atoms with van der Waals surface area (Å²) in [5.74, 6) is -0.419. The zero-order chi connectivity index (χ0) is 23.6. The van der Waals surface area contributed by atoms with Crippen molar-refractivity contribution in [2.45, 2.75) is 37.6 Å². The highest BCUT2D eigenvalue weighted by atomic mass is 35.5. The summed E-state index contributed by atoms with van der Waals surface area (Å²) < 4.78 is 27.3. The number of benzene rings is 2. The van der Waals surface area contributed by atoms with Crippen LogP contribution in [-0.4, -0.2) is 49.5 Å². The lowest BCUT2D eigenvalue weighted by molar-refractivity contribution is -0.137. The summed E-state index contributed by atoms with van der Waals surface area (Å²) in [6.07, 6.45) is 0.879. The lowest BCUT2D eigenvalue weighted by Gasteiger charge is -2.34. The molecule has 32 heavy (non-hydrogen) atoms. The number of carbonyl (C=O) groups excluding carboxylic acids is 2. The van der Waals surface area contributed by atoms with E-state index in [2.05, 4.69) is 0 Å². The molecule has 3 rings (SSSR count). The third-order valence-corrected chi connectivity index (χ3v) is 8.52. The van der Waals surface area contributed by atoms with Gasteiger partial charge >= 0.3 is 0 Å². The van der Waals surface area contributed by atoms with Gasteiger partial charge in [0, 0.05) is 41.7 Å². The molecular weight excluding hydrogens is 471 g/mol. The third kappa shape index (κ3) is 5.17. The molecule has 0 N–H and O–H groups in total. The molecule has 172 valence electrons. The fourth-order valence-electron chi connectivity index (χ4n) is 3.88. The number of rotatable bonds is 6. The number of Topliss-reactive ketones (excluding diaryl/α,β-unsaturated/α-hetero) is 1. The Bertz CT molecular complexity index is 1110. The molecular formula is C23H26Cl2N2O4S. The van der Waals surface area contributed by atoms with Gasteiger partial charge in [-0.25, -0.2) is 8.42 Å². The highest BCUT2D eigenvalue weighted by molar-refractivity contribution is 7.89. The summed E-state index contributed by atoms with van der Waals surface area (Å²) in [5, 5.41) is 1.03. The van der Waals surface area contributed by atoms with E-state index in [1.165, 1.54) is 35.5 Å². The van der Waals surface area contributed by atoms with Gasteiger partial charge in [-0.05, 0) is 56.5 Å². The van der Waals surface area contributed by atoms with Gasteiger partial charge in [0.2, 0.25) is 15.9 Å². The second-order valence-electron chi connectivity index (χ2n) is 8.05. The molecule has 1 saturated heterocycles. The van der Waals surface area contributed by atoms with Crippen LogP contribution in [0.25, 0.3) is 0 Å². The first-order chi connectivity index (χ1) is 15.0. The number of amides is 1. The number of ketones is 1. The van der Waals surface area contributed by atoms with Crippen LogP contribution in [0.2, 0.25) is 10.0 Å². The Kier molecular flexibility index (Phi) is 7.65. The van der Waals surface area contributed by atoms with Crippen molar-refractivity contribution in [2.24, 2.45) is 5.92 Å². The Morgan fingerprint density at radius 1 is 1.06 bits per heavy atom. The monoisotopic (exact) mass is 496 g/mol. The van der Waals surface area contributed by atoms with E-state index in [9.17, 15) is 18.0 Å². The van der Waals surface area contributed by atoms with Gasteiger partial charge in [0.25, 0.3) is 0 Å². The topological polar surface area (TPSA) is 74.8 Å². The molecule has 0 aliphatic carbocycles. The van der Waals surface area contributed by atoms with Crippen molar-refractivity contribution < 1.29 is 18.0 Å². The van der Waals surface area contributed by atoms with Crippen LogP contribution in [0, 0.1) is 5.92 Å². The lowest BCUT2D eigenvalue weighted by atomic mass is 9.95. The number of sulfonamides is 1. The van der Waals surface area contributed by atoms with Crippen LogP contribution < -0.4 is 0 Å². The number of carbonyl (C=O) groups is 2. The number of piperidine rings is 1.